The minimum Gasteiger partial charge on any atom is -0.392 e. The molecule has 0 amide bonds. The van der Waals surface area contributed by atoms with Crippen LogP contribution in [0, 0.1) is 0 Å². The number of nitrogens with zero attached hydrogens (tertiary/aromatic N) is 1. The second kappa shape index (κ2) is 5.69. The van der Waals surface area contributed by atoms with Crippen LogP contribution in [0.25, 0.3) is 0 Å². The molecule has 2 N–H and O–H groups in total. The zero-order valence-electron chi connectivity index (χ0n) is 9.66. The van der Waals surface area contributed by atoms with Gasteiger partial charge in [-0.15, -0.1) is 0 Å². The molecule has 0 aromatic heterocycles. The third-order valence-corrected chi connectivity index (χ3v) is 3.11. The minimum absolute atomic E-state index is 0.187. The SMILES string of the molecule is CCC(O)CNCC(C)N(C)C1CC1. The fourth-order valence-corrected chi connectivity index (χ4v) is 1.59. The topological polar surface area (TPSA) is 35.5 Å². The van der Waals surface area contributed by atoms with Gasteiger partial charge in [0, 0.05) is 25.2 Å². The minimum atomic E-state index is -0.187. The molecule has 0 aliphatic heterocycles. The maximum absolute atomic E-state index is 9.35. The Labute approximate surface area is 87.5 Å². The van der Waals surface area contributed by atoms with E-state index in [1.807, 2.05) is 6.92 Å². The van der Waals surface area contributed by atoms with Gasteiger partial charge in [0.15, 0.2) is 0 Å². The van der Waals surface area contributed by atoms with Crippen molar-refractivity contribution in [2.24, 2.45) is 0 Å². The van der Waals surface area contributed by atoms with E-state index in [9.17, 15) is 5.11 Å². The van der Waals surface area contributed by atoms with Crippen molar-refractivity contribution in [3.05, 3.63) is 0 Å². The number of aliphatic hydroxyl groups excluding tert-OH is 1. The summed E-state index contributed by atoms with van der Waals surface area (Å²) >= 11 is 0. The lowest BCUT2D eigenvalue weighted by Crippen LogP contribution is -2.41. The second-order valence-electron chi connectivity index (χ2n) is 4.47. The quantitative estimate of drug-likeness (QED) is 0.639. The van der Waals surface area contributed by atoms with Crippen molar-refractivity contribution < 1.29 is 5.11 Å². The summed E-state index contributed by atoms with van der Waals surface area (Å²) in [6.07, 6.45) is 3.37. The number of aliphatic hydroxyl groups is 1. The highest BCUT2D eigenvalue weighted by Gasteiger charge is 2.28. The van der Waals surface area contributed by atoms with Crippen LogP contribution in [0.2, 0.25) is 0 Å². The molecule has 0 aromatic carbocycles. The fraction of sp³-hybridized carbons (Fsp3) is 1.00. The van der Waals surface area contributed by atoms with Crippen molar-refractivity contribution in [2.45, 2.75) is 51.3 Å². The van der Waals surface area contributed by atoms with E-state index in [-0.39, 0.29) is 6.10 Å². The van der Waals surface area contributed by atoms with Gasteiger partial charge >= 0.3 is 0 Å². The lowest BCUT2D eigenvalue weighted by molar-refractivity contribution is 0.160. The molecule has 1 aliphatic carbocycles. The van der Waals surface area contributed by atoms with Crippen LogP contribution in [0.15, 0.2) is 0 Å². The smallest absolute Gasteiger partial charge is 0.0662 e. The summed E-state index contributed by atoms with van der Waals surface area (Å²) in [4.78, 5) is 2.44. The number of nitrogens with one attached hydrogen (secondary N) is 1. The predicted molar refractivity (Wildman–Crippen MR) is 59.4 cm³/mol. The molecule has 0 saturated heterocycles. The zero-order chi connectivity index (χ0) is 10.6. The summed E-state index contributed by atoms with van der Waals surface area (Å²) in [5.74, 6) is 0. The molecule has 0 bridgehead atoms. The van der Waals surface area contributed by atoms with Crippen LogP contribution >= 0.6 is 0 Å². The van der Waals surface area contributed by atoms with Crippen LogP contribution in [-0.2, 0) is 0 Å². The Morgan fingerprint density at radius 3 is 2.57 bits per heavy atom. The monoisotopic (exact) mass is 200 g/mol. The van der Waals surface area contributed by atoms with E-state index in [2.05, 4.69) is 24.2 Å². The molecule has 1 rings (SSSR count). The summed E-state index contributed by atoms with van der Waals surface area (Å²) in [6.45, 7) is 5.94. The van der Waals surface area contributed by atoms with Crippen LogP contribution in [-0.4, -0.2) is 48.3 Å². The van der Waals surface area contributed by atoms with Gasteiger partial charge < -0.3 is 10.4 Å². The first kappa shape index (κ1) is 12.0. The molecule has 14 heavy (non-hydrogen) atoms. The molecular weight excluding hydrogens is 176 g/mol. The Hall–Kier alpha value is -0.120. The summed E-state index contributed by atoms with van der Waals surface area (Å²) < 4.78 is 0. The van der Waals surface area contributed by atoms with E-state index in [4.69, 9.17) is 0 Å². The van der Waals surface area contributed by atoms with Gasteiger partial charge in [0.2, 0.25) is 0 Å². The van der Waals surface area contributed by atoms with E-state index in [1.165, 1.54) is 12.8 Å². The van der Waals surface area contributed by atoms with Crippen molar-refractivity contribution in [2.75, 3.05) is 20.1 Å². The summed E-state index contributed by atoms with van der Waals surface area (Å²) in [5, 5.41) is 12.7. The molecule has 3 heteroatoms. The molecule has 3 nitrogen and oxygen atoms in total. The Morgan fingerprint density at radius 2 is 2.07 bits per heavy atom. The van der Waals surface area contributed by atoms with Gasteiger partial charge in [0.05, 0.1) is 6.10 Å². The van der Waals surface area contributed by atoms with Crippen LogP contribution in [0.1, 0.15) is 33.1 Å². The van der Waals surface area contributed by atoms with Gasteiger partial charge in [-0.05, 0) is 33.2 Å². The molecule has 1 fully saturated rings. The summed E-state index contributed by atoms with van der Waals surface area (Å²) in [6, 6.07) is 1.40. The van der Waals surface area contributed by atoms with E-state index in [0.717, 1.165) is 25.6 Å². The van der Waals surface area contributed by atoms with Crippen LogP contribution in [0.4, 0.5) is 0 Å². The number of rotatable bonds is 7. The number of likely N-dealkylation sites (N-methyl/N-ethyl adjacent to an activating group) is 1. The highest BCUT2D eigenvalue weighted by Crippen LogP contribution is 2.26. The van der Waals surface area contributed by atoms with Gasteiger partial charge in [-0.25, -0.2) is 0 Å². The average Bonchev–Trinajstić information content (AvgIpc) is 2.99. The van der Waals surface area contributed by atoms with E-state index in [0.29, 0.717) is 6.04 Å². The average molecular weight is 200 g/mol. The number of hydrogen-bond acceptors (Lipinski definition) is 3. The third kappa shape index (κ3) is 3.95. The first-order valence-electron chi connectivity index (χ1n) is 5.75. The predicted octanol–water partition coefficient (Wildman–Crippen LogP) is 0.830. The molecule has 0 spiro atoms. The zero-order valence-corrected chi connectivity index (χ0v) is 9.66. The van der Waals surface area contributed by atoms with Crippen molar-refractivity contribution in [1.29, 1.82) is 0 Å². The molecule has 1 aliphatic rings. The fourth-order valence-electron chi connectivity index (χ4n) is 1.59. The lowest BCUT2D eigenvalue weighted by atomic mass is 10.2. The third-order valence-electron chi connectivity index (χ3n) is 3.11. The first-order valence-corrected chi connectivity index (χ1v) is 5.75. The van der Waals surface area contributed by atoms with Crippen molar-refractivity contribution in [3.8, 4) is 0 Å². The molecule has 0 aromatic rings. The van der Waals surface area contributed by atoms with Gasteiger partial charge in [-0.2, -0.15) is 0 Å². The van der Waals surface area contributed by atoms with Crippen molar-refractivity contribution in [1.82, 2.24) is 10.2 Å². The molecule has 2 atom stereocenters. The molecule has 0 radical (unpaired) electrons. The second-order valence-corrected chi connectivity index (χ2v) is 4.47. The molecule has 1 saturated carbocycles. The standard InChI is InChI=1S/C11H24N2O/c1-4-11(14)8-12-7-9(2)13(3)10-5-6-10/h9-12,14H,4-8H2,1-3H3. The van der Waals surface area contributed by atoms with E-state index < -0.39 is 0 Å². The van der Waals surface area contributed by atoms with Crippen LogP contribution < -0.4 is 5.32 Å². The molecule has 2 unspecified atom stereocenters. The maximum Gasteiger partial charge on any atom is 0.0662 e. The van der Waals surface area contributed by atoms with Gasteiger partial charge in [0.25, 0.3) is 0 Å². The molecule has 0 heterocycles. The van der Waals surface area contributed by atoms with E-state index >= 15 is 0 Å². The molecule has 84 valence electrons. The highest BCUT2D eigenvalue weighted by molar-refractivity contribution is 4.85. The van der Waals surface area contributed by atoms with Crippen LogP contribution in [0.5, 0.6) is 0 Å². The lowest BCUT2D eigenvalue weighted by Gasteiger charge is -2.25. The molecular formula is C11H24N2O. The van der Waals surface area contributed by atoms with Crippen molar-refractivity contribution >= 4 is 0 Å². The van der Waals surface area contributed by atoms with Crippen molar-refractivity contribution in [3.63, 3.8) is 0 Å². The Bertz CT molecular complexity index is 159. The Kier molecular flexibility index (Phi) is 4.85. The Balaban J connectivity index is 2.04. The van der Waals surface area contributed by atoms with Gasteiger partial charge in [-0.3, -0.25) is 4.90 Å². The normalized spacial score (nSPS) is 21.2. The largest absolute Gasteiger partial charge is 0.392 e. The van der Waals surface area contributed by atoms with Crippen LogP contribution in [0.3, 0.4) is 0 Å². The van der Waals surface area contributed by atoms with Gasteiger partial charge in [-0.1, -0.05) is 6.92 Å². The highest BCUT2D eigenvalue weighted by atomic mass is 16.3. The van der Waals surface area contributed by atoms with E-state index in [1.54, 1.807) is 0 Å². The number of hydrogen-bond donors (Lipinski definition) is 2. The summed E-state index contributed by atoms with van der Waals surface area (Å²) in [7, 11) is 2.19. The summed E-state index contributed by atoms with van der Waals surface area (Å²) in [5.41, 5.74) is 0. The first-order chi connectivity index (χ1) is 6.65. The maximum atomic E-state index is 9.35. The Morgan fingerprint density at radius 1 is 1.43 bits per heavy atom. The van der Waals surface area contributed by atoms with Gasteiger partial charge in [0.1, 0.15) is 0 Å².